The van der Waals surface area contributed by atoms with E-state index in [0.29, 0.717) is 10.9 Å². The van der Waals surface area contributed by atoms with E-state index in [-0.39, 0.29) is 5.91 Å². The third-order valence-corrected chi connectivity index (χ3v) is 6.64. The summed E-state index contributed by atoms with van der Waals surface area (Å²) < 4.78 is 1.71. The van der Waals surface area contributed by atoms with Crippen LogP contribution in [0.3, 0.4) is 0 Å². The first kappa shape index (κ1) is 18.8. The minimum absolute atomic E-state index is 0.0724. The Balaban J connectivity index is 1.50. The molecule has 28 heavy (non-hydrogen) atoms. The topological polar surface area (TPSA) is 38.1 Å². The second-order valence-electron chi connectivity index (χ2n) is 7.20. The van der Waals surface area contributed by atoms with Gasteiger partial charge in [-0.3, -0.25) is 9.48 Å². The molecule has 4 nitrogen and oxygen atoms in total. The third kappa shape index (κ3) is 3.85. The molecule has 0 radical (unpaired) electrons. The van der Waals surface area contributed by atoms with E-state index in [4.69, 9.17) is 0 Å². The van der Waals surface area contributed by atoms with Gasteiger partial charge in [0.25, 0.3) is 5.91 Å². The van der Waals surface area contributed by atoms with Crippen molar-refractivity contribution in [2.24, 2.45) is 7.05 Å². The van der Waals surface area contributed by atoms with Gasteiger partial charge in [0.05, 0.1) is 5.69 Å². The van der Waals surface area contributed by atoms with Crippen molar-refractivity contribution in [3.05, 3.63) is 77.5 Å². The summed E-state index contributed by atoms with van der Waals surface area (Å²) in [5.74, 6) is 1.02. The Morgan fingerprint density at radius 1 is 1.07 bits per heavy atom. The van der Waals surface area contributed by atoms with E-state index in [0.717, 1.165) is 36.5 Å². The zero-order valence-electron chi connectivity index (χ0n) is 16.3. The van der Waals surface area contributed by atoms with Gasteiger partial charge in [-0.15, -0.1) is 0 Å². The molecule has 1 aromatic heterocycles. The molecule has 1 saturated heterocycles. The number of aromatic nitrogens is 2. The summed E-state index contributed by atoms with van der Waals surface area (Å²) in [6.45, 7) is 3.72. The van der Waals surface area contributed by atoms with E-state index in [9.17, 15) is 4.79 Å². The molecular formula is C23H25N3OS. The van der Waals surface area contributed by atoms with E-state index in [2.05, 4.69) is 36.3 Å². The number of amides is 1. The van der Waals surface area contributed by atoms with Crippen LogP contribution in [0.5, 0.6) is 0 Å². The summed E-state index contributed by atoms with van der Waals surface area (Å²) in [7, 11) is 1.85. The molecule has 3 aromatic rings. The van der Waals surface area contributed by atoms with Gasteiger partial charge in [-0.2, -0.15) is 16.9 Å². The van der Waals surface area contributed by atoms with E-state index in [1.165, 1.54) is 11.1 Å². The lowest BCUT2D eigenvalue weighted by Gasteiger charge is -2.20. The Labute approximate surface area is 170 Å². The Hall–Kier alpha value is -2.53. The van der Waals surface area contributed by atoms with Crippen LogP contribution in [0.2, 0.25) is 0 Å². The van der Waals surface area contributed by atoms with Crippen LogP contribution in [0.25, 0.3) is 11.3 Å². The Kier molecular flexibility index (Phi) is 5.53. The Morgan fingerprint density at radius 2 is 1.82 bits per heavy atom. The normalized spacial score (nSPS) is 17.4. The van der Waals surface area contributed by atoms with E-state index in [1.807, 2.05) is 60.1 Å². The van der Waals surface area contributed by atoms with E-state index < -0.39 is 0 Å². The zero-order valence-corrected chi connectivity index (χ0v) is 17.2. The van der Waals surface area contributed by atoms with Crippen LogP contribution in [0.15, 0.2) is 60.7 Å². The lowest BCUT2D eigenvalue weighted by Crippen LogP contribution is -2.34. The lowest BCUT2D eigenvalue weighted by atomic mass is 10.0. The minimum atomic E-state index is 0.0724. The molecule has 0 aliphatic carbocycles. The fourth-order valence-corrected chi connectivity index (χ4v) is 5.08. The number of aryl methyl sites for hydroxylation is 2. The molecule has 2 heterocycles. The molecule has 5 heteroatoms. The second-order valence-corrected chi connectivity index (χ2v) is 8.51. The molecule has 1 unspecified atom stereocenters. The zero-order chi connectivity index (χ0) is 19.5. The molecule has 0 saturated carbocycles. The number of rotatable bonds is 3. The summed E-state index contributed by atoms with van der Waals surface area (Å²) in [5.41, 5.74) is 5.25. The number of benzene rings is 2. The van der Waals surface area contributed by atoms with Gasteiger partial charge in [-0.25, -0.2) is 0 Å². The fourth-order valence-electron chi connectivity index (χ4n) is 3.75. The van der Waals surface area contributed by atoms with Crippen molar-refractivity contribution in [2.75, 3.05) is 18.8 Å². The predicted octanol–water partition coefficient (Wildman–Crippen LogP) is 4.72. The van der Waals surface area contributed by atoms with Crippen LogP contribution in [-0.4, -0.2) is 39.4 Å². The number of hydrogen-bond acceptors (Lipinski definition) is 3. The highest BCUT2D eigenvalue weighted by atomic mass is 32.2. The second kappa shape index (κ2) is 8.23. The van der Waals surface area contributed by atoms with Gasteiger partial charge in [0.15, 0.2) is 0 Å². The molecule has 1 amide bonds. The lowest BCUT2D eigenvalue weighted by molar-refractivity contribution is 0.0755. The average Bonchev–Trinajstić information content (AvgIpc) is 2.95. The Morgan fingerprint density at radius 3 is 2.61 bits per heavy atom. The van der Waals surface area contributed by atoms with Gasteiger partial charge in [-0.05, 0) is 30.5 Å². The number of thioether (sulfide) groups is 1. The quantitative estimate of drug-likeness (QED) is 0.649. The summed E-state index contributed by atoms with van der Waals surface area (Å²) in [4.78, 5) is 15.2. The SMILES string of the molecule is Cc1ccccc1C1CCN(C(=O)c2cc(-c3ccccc3)nn2C)CCS1. The van der Waals surface area contributed by atoms with Gasteiger partial charge in [0.1, 0.15) is 5.69 Å². The molecule has 1 fully saturated rings. The molecular weight excluding hydrogens is 366 g/mol. The average molecular weight is 392 g/mol. The molecule has 0 N–H and O–H groups in total. The molecule has 144 valence electrons. The summed E-state index contributed by atoms with van der Waals surface area (Å²) in [5, 5.41) is 5.01. The molecule has 1 aliphatic rings. The van der Waals surface area contributed by atoms with Crippen LogP contribution in [0.1, 0.15) is 33.3 Å². The van der Waals surface area contributed by atoms with Crippen LogP contribution in [0, 0.1) is 6.92 Å². The van der Waals surface area contributed by atoms with Gasteiger partial charge >= 0.3 is 0 Å². The number of nitrogens with zero attached hydrogens (tertiary/aromatic N) is 3. The van der Waals surface area contributed by atoms with Crippen molar-refractivity contribution >= 4 is 17.7 Å². The molecule has 0 bridgehead atoms. The minimum Gasteiger partial charge on any atom is -0.336 e. The summed E-state index contributed by atoms with van der Waals surface area (Å²) >= 11 is 1.96. The first-order valence-corrected chi connectivity index (χ1v) is 10.7. The molecule has 1 aliphatic heterocycles. The maximum atomic E-state index is 13.2. The van der Waals surface area contributed by atoms with E-state index >= 15 is 0 Å². The molecule has 4 rings (SSSR count). The first-order valence-electron chi connectivity index (χ1n) is 9.69. The van der Waals surface area contributed by atoms with Crippen LogP contribution >= 0.6 is 11.8 Å². The highest BCUT2D eigenvalue weighted by molar-refractivity contribution is 7.99. The number of carbonyl (C=O) groups excluding carboxylic acids is 1. The van der Waals surface area contributed by atoms with Gasteiger partial charge < -0.3 is 4.90 Å². The standard InChI is InChI=1S/C23H25N3OS/c1-17-8-6-7-11-19(17)22-12-13-26(14-15-28-22)23(27)21-16-20(24-25(21)2)18-9-4-3-5-10-18/h3-11,16,22H,12-15H2,1-2H3. The van der Waals surface area contributed by atoms with Gasteiger partial charge in [-0.1, -0.05) is 54.6 Å². The monoisotopic (exact) mass is 391 g/mol. The van der Waals surface area contributed by atoms with Crippen molar-refractivity contribution in [1.29, 1.82) is 0 Å². The smallest absolute Gasteiger partial charge is 0.272 e. The van der Waals surface area contributed by atoms with Crippen LogP contribution < -0.4 is 0 Å². The maximum Gasteiger partial charge on any atom is 0.272 e. The van der Waals surface area contributed by atoms with Crippen molar-refractivity contribution in [2.45, 2.75) is 18.6 Å². The van der Waals surface area contributed by atoms with Crippen molar-refractivity contribution < 1.29 is 4.79 Å². The Bertz CT molecular complexity index is 967. The predicted molar refractivity (Wildman–Crippen MR) is 116 cm³/mol. The summed E-state index contributed by atoms with van der Waals surface area (Å²) in [6.07, 6.45) is 0.977. The first-order chi connectivity index (χ1) is 13.6. The highest BCUT2D eigenvalue weighted by Crippen LogP contribution is 2.36. The maximum absolute atomic E-state index is 13.2. The van der Waals surface area contributed by atoms with Crippen LogP contribution in [-0.2, 0) is 7.05 Å². The largest absolute Gasteiger partial charge is 0.336 e. The van der Waals surface area contributed by atoms with Gasteiger partial charge in [0, 0.05) is 36.7 Å². The third-order valence-electron chi connectivity index (χ3n) is 5.33. The molecule has 0 spiro atoms. The molecule has 2 aromatic carbocycles. The van der Waals surface area contributed by atoms with Gasteiger partial charge in [0.2, 0.25) is 0 Å². The fraction of sp³-hybridized carbons (Fsp3) is 0.304. The highest BCUT2D eigenvalue weighted by Gasteiger charge is 2.25. The summed E-state index contributed by atoms with van der Waals surface area (Å²) in [6, 6.07) is 20.5. The molecule has 1 atom stereocenters. The van der Waals surface area contributed by atoms with E-state index in [1.54, 1.807) is 4.68 Å². The number of hydrogen-bond donors (Lipinski definition) is 0. The van der Waals surface area contributed by atoms with Crippen molar-refractivity contribution in [3.63, 3.8) is 0 Å². The van der Waals surface area contributed by atoms with Crippen molar-refractivity contribution in [3.8, 4) is 11.3 Å². The number of carbonyl (C=O) groups is 1. The van der Waals surface area contributed by atoms with Crippen molar-refractivity contribution in [1.82, 2.24) is 14.7 Å². The van der Waals surface area contributed by atoms with Crippen LogP contribution in [0.4, 0.5) is 0 Å².